The molecule has 1 nitrogen and oxygen atoms in total. The second kappa shape index (κ2) is 7.70. The normalized spacial score (nSPS) is 13.0. The standard InChI is InChI=1S/C18H25NS/c1-14(2)10-11-19-13-15(3)20-18-9-8-16-6-4-5-7-17(16)12-18/h4-9,12,14-15,19H,10-11,13H2,1-3H3. The lowest BCUT2D eigenvalue weighted by Gasteiger charge is -2.13. The molecular formula is C18H25NS. The van der Waals surface area contributed by atoms with Gasteiger partial charge in [0.2, 0.25) is 0 Å². The highest BCUT2D eigenvalue weighted by molar-refractivity contribution is 8.00. The fourth-order valence-electron chi connectivity index (χ4n) is 2.21. The average molecular weight is 287 g/mol. The van der Waals surface area contributed by atoms with Crippen molar-refractivity contribution in [3.8, 4) is 0 Å². The van der Waals surface area contributed by atoms with Crippen molar-refractivity contribution >= 4 is 22.5 Å². The Labute approximate surface area is 127 Å². The smallest absolute Gasteiger partial charge is 0.0191 e. The van der Waals surface area contributed by atoms with Gasteiger partial charge in [0.15, 0.2) is 0 Å². The Kier molecular flexibility index (Phi) is 5.93. The number of benzene rings is 2. The number of nitrogens with one attached hydrogen (secondary N) is 1. The second-order valence-corrected chi connectivity index (χ2v) is 7.34. The molecule has 1 atom stereocenters. The minimum Gasteiger partial charge on any atom is -0.316 e. The molecule has 0 spiro atoms. The first-order chi connectivity index (χ1) is 9.65. The minimum atomic E-state index is 0.600. The Morgan fingerprint density at radius 1 is 1.00 bits per heavy atom. The summed E-state index contributed by atoms with van der Waals surface area (Å²) in [6, 6.07) is 15.3. The van der Waals surface area contributed by atoms with E-state index in [1.165, 1.54) is 22.1 Å². The van der Waals surface area contributed by atoms with Gasteiger partial charge in [0.1, 0.15) is 0 Å². The van der Waals surface area contributed by atoms with E-state index < -0.39 is 0 Å². The molecule has 0 aliphatic rings. The van der Waals surface area contributed by atoms with Crippen LogP contribution in [0.25, 0.3) is 10.8 Å². The van der Waals surface area contributed by atoms with Gasteiger partial charge in [-0.2, -0.15) is 0 Å². The quantitative estimate of drug-likeness (QED) is 0.571. The SMILES string of the molecule is CC(C)CCNCC(C)Sc1ccc2ccccc2c1. The van der Waals surface area contributed by atoms with Gasteiger partial charge in [0.05, 0.1) is 0 Å². The van der Waals surface area contributed by atoms with Crippen molar-refractivity contribution in [1.82, 2.24) is 5.32 Å². The molecule has 0 fully saturated rings. The third kappa shape index (κ3) is 4.84. The summed E-state index contributed by atoms with van der Waals surface area (Å²) in [5.74, 6) is 0.783. The Balaban J connectivity index is 1.84. The summed E-state index contributed by atoms with van der Waals surface area (Å²) in [4.78, 5) is 1.36. The zero-order valence-corrected chi connectivity index (χ0v) is 13.5. The highest BCUT2D eigenvalue weighted by Gasteiger charge is 2.05. The molecule has 108 valence electrons. The van der Waals surface area contributed by atoms with Crippen LogP contribution in [0.4, 0.5) is 0 Å². The van der Waals surface area contributed by atoms with Crippen LogP contribution in [0.2, 0.25) is 0 Å². The summed E-state index contributed by atoms with van der Waals surface area (Å²) in [6.45, 7) is 9.04. The number of hydrogen-bond donors (Lipinski definition) is 1. The summed E-state index contributed by atoms with van der Waals surface area (Å²) in [6.07, 6.45) is 1.26. The molecule has 0 bridgehead atoms. The van der Waals surface area contributed by atoms with Crippen molar-refractivity contribution in [2.24, 2.45) is 5.92 Å². The monoisotopic (exact) mass is 287 g/mol. The van der Waals surface area contributed by atoms with Gasteiger partial charge < -0.3 is 5.32 Å². The molecule has 0 amide bonds. The maximum Gasteiger partial charge on any atom is 0.0191 e. The summed E-state index contributed by atoms with van der Waals surface area (Å²) >= 11 is 1.95. The van der Waals surface area contributed by atoms with Crippen molar-refractivity contribution in [3.63, 3.8) is 0 Å². The lowest BCUT2D eigenvalue weighted by atomic mass is 10.1. The zero-order chi connectivity index (χ0) is 14.4. The summed E-state index contributed by atoms with van der Waals surface area (Å²) in [5, 5.41) is 6.80. The van der Waals surface area contributed by atoms with Gasteiger partial charge in [-0.25, -0.2) is 0 Å². The number of thioether (sulfide) groups is 1. The van der Waals surface area contributed by atoms with Crippen LogP contribution in [-0.2, 0) is 0 Å². The van der Waals surface area contributed by atoms with Gasteiger partial charge in [0.25, 0.3) is 0 Å². The lowest BCUT2D eigenvalue weighted by Crippen LogP contribution is -2.24. The molecule has 0 aliphatic carbocycles. The zero-order valence-electron chi connectivity index (χ0n) is 12.7. The van der Waals surface area contributed by atoms with Crippen LogP contribution in [0.15, 0.2) is 47.4 Å². The number of fused-ring (bicyclic) bond motifs is 1. The van der Waals surface area contributed by atoms with E-state index >= 15 is 0 Å². The summed E-state index contributed by atoms with van der Waals surface area (Å²) in [7, 11) is 0. The molecule has 2 aromatic rings. The number of rotatable bonds is 7. The molecule has 0 radical (unpaired) electrons. The van der Waals surface area contributed by atoms with E-state index in [2.05, 4.69) is 68.6 Å². The van der Waals surface area contributed by atoms with E-state index in [4.69, 9.17) is 0 Å². The Morgan fingerprint density at radius 3 is 2.50 bits per heavy atom. The van der Waals surface area contributed by atoms with Crippen LogP contribution >= 0.6 is 11.8 Å². The lowest BCUT2D eigenvalue weighted by molar-refractivity contribution is 0.539. The van der Waals surface area contributed by atoms with E-state index in [1.54, 1.807) is 0 Å². The second-order valence-electron chi connectivity index (χ2n) is 5.82. The third-order valence-corrected chi connectivity index (χ3v) is 4.48. The maximum absolute atomic E-state index is 3.55. The molecule has 1 unspecified atom stereocenters. The summed E-state index contributed by atoms with van der Waals surface area (Å²) < 4.78 is 0. The average Bonchev–Trinajstić information content (AvgIpc) is 2.43. The molecule has 2 heteroatoms. The first-order valence-corrected chi connectivity index (χ1v) is 8.39. The van der Waals surface area contributed by atoms with Crippen LogP contribution in [0, 0.1) is 5.92 Å². The van der Waals surface area contributed by atoms with E-state index in [1.807, 2.05) is 11.8 Å². The van der Waals surface area contributed by atoms with Crippen LogP contribution in [0.5, 0.6) is 0 Å². The van der Waals surface area contributed by atoms with Crippen LogP contribution in [0.1, 0.15) is 27.2 Å². The molecule has 20 heavy (non-hydrogen) atoms. The predicted octanol–water partition coefficient (Wildman–Crippen LogP) is 4.96. The summed E-state index contributed by atoms with van der Waals surface area (Å²) in [5.41, 5.74) is 0. The molecular weight excluding hydrogens is 262 g/mol. The first kappa shape index (κ1) is 15.4. The third-order valence-electron chi connectivity index (χ3n) is 3.39. The Bertz CT molecular complexity index is 536. The molecule has 2 rings (SSSR count). The molecule has 1 N–H and O–H groups in total. The largest absolute Gasteiger partial charge is 0.316 e. The minimum absolute atomic E-state index is 0.600. The van der Waals surface area contributed by atoms with Gasteiger partial charge in [-0.15, -0.1) is 11.8 Å². The predicted molar refractivity (Wildman–Crippen MR) is 91.6 cm³/mol. The van der Waals surface area contributed by atoms with Crippen LogP contribution in [-0.4, -0.2) is 18.3 Å². The van der Waals surface area contributed by atoms with Crippen molar-refractivity contribution in [2.75, 3.05) is 13.1 Å². The number of hydrogen-bond acceptors (Lipinski definition) is 2. The van der Waals surface area contributed by atoms with E-state index in [-0.39, 0.29) is 0 Å². The Hall–Kier alpha value is -0.990. The van der Waals surface area contributed by atoms with Gasteiger partial charge in [0, 0.05) is 16.7 Å². The van der Waals surface area contributed by atoms with Crippen molar-refractivity contribution in [2.45, 2.75) is 37.3 Å². The fraction of sp³-hybridized carbons (Fsp3) is 0.444. The molecule has 0 saturated heterocycles. The van der Waals surface area contributed by atoms with E-state index in [9.17, 15) is 0 Å². The maximum atomic E-state index is 3.55. The molecule has 0 saturated carbocycles. The topological polar surface area (TPSA) is 12.0 Å². The highest BCUT2D eigenvalue weighted by atomic mass is 32.2. The van der Waals surface area contributed by atoms with E-state index in [0.29, 0.717) is 5.25 Å². The van der Waals surface area contributed by atoms with Gasteiger partial charge >= 0.3 is 0 Å². The highest BCUT2D eigenvalue weighted by Crippen LogP contribution is 2.26. The fourth-order valence-corrected chi connectivity index (χ4v) is 3.22. The van der Waals surface area contributed by atoms with E-state index in [0.717, 1.165) is 19.0 Å². The van der Waals surface area contributed by atoms with Gasteiger partial charge in [-0.1, -0.05) is 51.1 Å². The van der Waals surface area contributed by atoms with Gasteiger partial charge in [-0.05, 0) is 41.8 Å². The van der Waals surface area contributed by atoms with Crippen molar-refractivity contribution in [3.05, 3.63) is 42.5 Å². The van der Waals surface area contributed by atoms with Crippen molar-refractivity contribution in [1.29, 1.82) is 0 Å². The van der Waals surface area contributed by atoms with Crippen LogP contribution < -0.4 is 5.32 Å². The van der Waals surface area contributed by atoms with Gasteiger partial charge in [-0.3, -0.25) is 0 Å². The molecule has 2 aromatic carbocycles. The van der Waals surface area contributed by atoms with Crippen molar-refractivity contribution < 1.29 is 0 Å². The van der Waals surface area contributed by atoms with Crippen LogP contribution in [0.3, 0.4) is 0 Å². The molecule has 0 aliphatic heterocycles. The molecule has 0 heterocycles. The first-order valence-electron chi connectivity index (χ1n) is 7.51. The Morgan fingerprint density at radius 2 is 1.75 bits per heavy atom. The molecule has 0 aromatic heterocycles.